The van der Waals surface area contributed by atoms with Gasteiger partial charge in [-0.15, -0.1) is 0 Å². The van der Waals surface area contributed by atoms with Gasteiger partial charge >= 0.3 is 0 Å². The van der Waals surface area contributed by atoms with Crippen molar-refractivity contribution in [1.29, 1.82) is 0 Å². The molecule has 0 aromatic heterocycles. The first-order valence-electron chi connectivity index (χ1n) is 18.1. The summed E-state index contributed by atoms with van der Waals surface area (Å²) in [7, 11) is 0. The largest absolute Gasteiger partial charge is 0.405 e. The SMILES string of the molecule is C=C1NC/C=C(/c2ccc(Nc3cc(C(C)(C)C)ccc3CC)c3ccccc23)C=NCCC1Cc1ccc(C)c(CC)c1.C=CN.CC. The summed E-state index contributed by atoms with van der Waals surface area (Å²) in [6, 6.07) is 26.9. The molecule has 0 spiro atoms. The average Bonchev–Trinajstić information content (AvgIpc) is 3.10. The quantitative estimate of drug-likeness (QED) is 0.185. The first-order chi connectivity index (χ1) is 23.6. The van der Waals surface area contributed by atoms with Gasteiger partial charge in [0.1, 0.15) is 0 Å². The van der Waals surface area contributed by atoms with E-state index in [1.165, 1.54) is 56.0 Å². The van der Waals surface area contributed by atoms with Crippen LogP contribution in [0.15, 0.2) is 109 Å². The lowest BCUT2D eigenvalue weighted by Gasteiger charge is -2.23. The molecule has 1 heterocycles. The number of benzene rings is 4. The highest BCUT2D eigenvalue weighted by Crippen LogP contribution is 2.35. The molecule has 4 nitrogen and oxygen atoms in total. The van der Waals surface area contributed by atoms with Crippen LogP contribution in [-0.2, 0) is 24.7 Å². The van der Waals surface area contributed by atoms with E-state index in [0.717, 1.165) is 55.7 Å². The molecule has 4 heteroatoms. The zero-order chi connectivity index (χ0) is 36.0. The average molecular weight is 657 g/mol. The number of hydrogen-bond acceptors (Lipinski definition) is 4. The summed E-state index contributed by atoms with van der Waals surface area (Å²) in [4.78, 5) is 4.94. The fourth-order valence-corrected chi connectivity index (χ4v) is 6.25. The Balaban J connectivity index is 0.00000123. The predicted octanol–water partition coefficient (Wildman–Crippen LogP) is 11.2. The topological polar surface area (TPSA) is 62.4 Å². The summed E-state index contributed by atoms with van der Waals surface area (Å²) < 4.78 is 0. The van der Waals surface area contributed by atoms with E-state index in [-0.39, 0.29) is 5.41 Å². The van der Waals surface area contributed by atoms with Gasteiger partial charge in [-0.05, 0) is 101 Å². The molecule has 0 radical (unpaired) electrons. The van der Waals surface area contributed by atoms with Crippen molar-refractivity contribution in [1.82, 2.24) is 5.32 Å². The van der Waals surface area contributed by atoms with Crippen LogP contribution in [0, 0.1) is 12.8 Å². The maximum Gasteiger partial charge on any atom is 0.0464 e. The summed E-state index contributed by atoms with van der Waals surface area (Å²) >= 11 is 0. The Bertz CT molecular complexity index is 1750. The van der Waals surface area contributed by atoms with Crippen LogP contribution in [0.5, 0.6) is 0 Å². The molecule has 0 saturated carbocycles. The van der Waals surface area contributed by atoms with Crippen LogP contribution in [0.1, 0.15) is 88.3 Å². The van der Waals surface area contributed by atoms with Crippen LogP contribution in [0.3, 0.4) is 0 Å². The Labute approximate surface area is 297 Å². The van der Waals surface area contributed by atoms with Gasteiger partial charge in [-0.3, -0.25) is 4.99 Å². The predicted molar refractivity (Wildman–Crippen MR) is 218 cm³/mol. The van der Waals surface area contributed by atoms with Gasteiger partial charge in [0, 0.05) is 47.7 Å². The third-order valence-electron chi connectivity index (χ3n) is 9.12. The lowest BCUT2D eigenvalue weighted by atomic mass is 9.86. The van der Waals surface area contributed by atoms with Crippen molar-refractivity contribution in [3.05, 3.63) is 137 Å². The number of aliphatic imine (C=N–C) groups is 1. The molecule has 0 saturated heterocycles. The Morgan fingerprint density at radius 3 is 2.29 bits per heavy atom. The molecule has 1 atom stereocenters. The Kier molecular flexibility index (Phi) is 14.9. The zero-order valence-electron chi connectivity index (χ0n) is 31.4. The number of allylic oxidation sites excluding steroid dienone is 2. The van der Waals surface area contributed by atoms with Crippen LogP contribution in [0.4, 0.5) is 11.4 Å². The number of nitrogens with zero attached hydrogens (tertiary/aromatic N) is 1. The smallest absolute Gasteiger partial charge is 0.0464 e. The molecule has 4 aromatic rings. The number of aryl methyl sites for hydroxylation is 3. The van der Waals surface area contributed by atoms with Crippen LogP contribution in [-0.4, -0.2) is 19.3 Å². The summed E-state index contributed by atoms with van der Waals surface area (Å²) in [5.41, 5.74) is 17.3. The number of nitrogens with two attached hydrogens (primary N) is 1. The second-order valence-electron chi connectivity index (χ2n) is 13.4. The van der Waals surface area contributed by atoms with E-state index in [1.54, 1.807) is 0 Å². The van der Waals surface area contributed by atoms with E-state index in [0.29, 0.717) is 5.92 Å². The molecule has 1 aliphatic heterocycles. The maximum absolute atomic E-state index is 4.94. The van der Waals surface area contributed by atoms with Crippen LogP contribution in [0.25, 0.3) is 16.3 Å². The molecule has 1 unspecified atom stereocenters. The standard InChI is InChI=1S/C41H49N3.C2H5N.C2H6/c1-8-31-16-17-35(41(5,6)7)26-40(31)44-39-19-18-36(37-12-10-11-13-38(37)39)34-21-23-43-29(4)33(20-22-42-27-34)25-30-15-14-28(3)32(9-2)24-30;1-2-3;1-2/h10-19,21,24,26-27,33,43-44H,4,8-9,20,22-23,25H2,1-3,5-7H3;2H,1,3H2;1-2H3/b34-21+,42-27?;;. The van der Waals surface area contributed by atoms with Crippen molar-refractivity contribution in [2.24, 2.45) is 16.6 Å². The third-order valence-corrected chi connectivity index (χ3v) is 9.12. The minimum absolute atomic E-state index is 0.0921. The van der Waals surface area contributed by atoms with Gasteiger partial charge in [0.25, 0.3) is 0 Å². The van der Waals surface area contributed by atoms with Crippen molar-refractivity contribution in [3.8, 4) is 0 Å². The van der Waals surface area contributed by atoms with E-state index >= 15 is 0 Å². The van der Waals surface area contributed by atoms with Crippen LogP contribution in [0.2, 0.25) is 0 Å². The first-order valence-corrected chi connectivity index (χ1v) is 18.1. The summed E-state index contributed by atoms with van der Waals surface area (Å²) in [6.45, 7) is 26.6. The van der Waals surface area contributed by atoms with E-state index in [9.17, 15) is 0 Å². The minimum atomic E-state index is 0.0921. The van der Waals surface area contributed by atoms with Crippen molar-refractivity contribution >= 4 is 33.9 Å². The maximum atomic E-state index is 4.94. The van der Waals surface area contributed by atoms with E-state index in [1.807, 2.05) is 13.8 Å². The van der Waals surface area contributed by atoms with Crippen molar-refractivity contribution in [2.75, 3.05) is 18.4 Å². The molecule has 1 aliphatic rings. The molecular formula is C45H60N4. The normalized spacial score (nSPS) is 15.8. The van der Waals surface area contributed by atoms with Gasteiger partial charge in [0.2, 0.25) is 0 Å². The van der Waals surface area contributed by atoms with Gasteiger partial charge in [0.15, 0.2) is 0 Å². The molecule has 0 aliphatic carbocycles. The third kappa shape index (κ3) is 10.5. The lowest BCUT2D eigenvalue weighted by molar-refractivity contribution is 0.532. The van der Waals surface area contributed by atoms with Gasteiger partial charge in [-0.1, -0.05) is 128 Å². The second-order valence-corrected chi connectivity index (χ2v) is 13.4. The monoisotopic (exact) mass is 656 g/mol. The highest BCUT2D eigenvalue weighted by Gasteiger charge is 2.18. The van der Waals surface area contributed by atoms with Crippen LogP contribution < -0.4 is 16.4 Å². The van der Waals surface area contributed by atoms with Crippen molar-refractivity contribution in [2.45, 2.75) is 86.5 Å². The molecule has 0 bridgehead atoms. The first kappa shape index (κ1) is 38.9. The molecule has 4 N–H and O–H groups in total. The summed E-state index contributed by atoms with van der Waals surface area (Å²) in [5, 5.41) is 9.89. The highest BCUT2D eigenvalue weighted by atomic mass is 14.9. The van der Waals surface area contributed by atoms with E-state index in [2.05, 4.69) is 156 Å². The molecule has 0 fully saturated rings. The fourth-order valence-electron chi connectivity index (χ4n) is 6.25. The highest BCUT2D eigenvalue weighted by molar-refractivity contribution is 6.16. The van der Waals surface area contributed by atoms with Gasteiger partial charge in [0.05, 0.1) is 0 Å². The second kappa shape index (κ2) is 18.8. The van der Waals surface area contributed by atoms with Crippen molar-refractivity contribution < 1.29 is 0 Å². The molecule has 4 aromatic carbocycles. The number of fused-ring (bicyclic) bond motifs is 1. The van der Waals surface area contributed by atoms with Gasteiger partial charge in [-0.2, -0.15) is 0 Å². The van der Waals surface area contributed by atoms with Gasteiger partial charge < -0.3 is 16.4 Å². The minimum Gasteiger partial charge on any atom is -0.405 e. The lowest BCUT2D eigenvalue weighted by Crippen LogP contribution is -2.23. The number of hydrogen-bond donors (Lipinski definition) is 3. The fraction of sp³-hybridized carbons (Fsp3) is 0.356. The zero-order valence-corrected chi connectivity index (χ0v) is 31.4. The Morgan fingerprint density at radius 2 is 1.61 bits per heavy atom. The molecular weight excluding hydrogens is 597 g/mol. The molecule has 0 amide bonds. The van der Waals surface area contributed by atoms with Crippen molar-refractivity contribution in [3.63, 3.8) is 0 Å². The number of anilines is 2. The number of rotatable bonds is 7. The molecule has 260 valence electrons. The summed E-state index contributed by atoms with van der Waals surface area (Å²) in [6.07, 6.45) is 9.59. The Morgan fingerprint density at radius 1 is 0.918 bits per heavy atom. The van der Waals surface area contributed by atoms with E-state index in [4.69, 9.17) is 4.99 Å². The van der Waals surface area contributed by atoms with E-state index < -0.39 is 0 Å². The van der Waals surface area contributed by atoms with Gasteiger partial charge in [-0.25, -0.2) is 0 Å². The number of nitrogens with one attached hydrogen (secondary N) is 2. The summed E-state index contributed by atoms with van der Waals surface area (Å²) in [5.74, 6) is 0.352. The molecule has 5 rings (SSSR count). The van der Waals surface area contributed by atoms with Crippen LogP contribution >= 0.6 is 0 Å². The Hall–Kier alpha value is -4.57. The molecule has 49 heavy (non-hydrogen) atoms.